The standard InChI is InChI=1S/C18H27N3O3.ClH/c1-4-19-13(3)11-20-18(23)14-10-17(22)21(12-14)15-8-6-7-9-16(15)24-5-2;/h6-9,13-14,19H,4-5,10-12H2,1-3H3,(H,20,23);1H/t13-,14?;/m1./s1. The first-order chi connectivity index (χ1) is 11.6. The van der Waals surface area contributed by atoms with Gasteiger partial charge in [0, 0.05) is 25.6 Å². The molecule has 2 N–H and O–H groups in total. The van der Waals surface area contributed by atoms with Crippen LogP contribution in [0.3, 0.4) is 0 Å². The van der Waals surface area contributed by atoms with Crippen LogP contribution in [0.1, 0.15) is 27.2 Å². The first-order valence-electron chi connectivity index (χ1n) is 8.60. The number of para-hydroxylation sites is 2. The summed E-state index contributed by atoms with van der Waals surface area (Å²) in [4.78, 5) is 26.4. The lowest BCUT2D eigenvalue weighted by Crippen LogP contribution is -2.41. The molecule has 0 aliphatic carbocycles. The number of carbonyl (C=O) groups is 2. The third-order valence-electron chi connectivity index (χ3n) is 4.09. The Balaban J connectivity index is 0.00000312. The lowest BCUT2D eigenvalue weighted by atomic mass is 10.1. The van der Waals surface area contributed by atoms with Gasteiger partial charge in [-0.15, -0.1) is 12.4 Å². The fraction of sp³-hybridized carbons (Fsp3) is 0.556. The van der Waals surface area contributed by atoms with Crippen molar-refractivity contribution in [3.8, 4) is 5.75 Å². The maximum absolute atomic E-state index is 12.4. The van der Waals surface area contributed by atoms with E-state index in [1.807, 2.05) is 45.0 Å². The Kier molecular flexibility index (Phi) is 8.72. The van der Waals surface area contributed by atoms with E-state index < -0.39 is 0 Å². The first-order valence-corrected chi connectivity index (χ1v) is 8.60. The van der Waals surface area contributed by atoms with E-state index in [-0.39, 0.29) is 42.6 Å². The third-order valence-corrected chi connectivity index (χ3v) is 4.09. The summed E-state index contributed by atoms with van der Waals surface area (Å²) >= 11 is 0. The van der Waals surface area contributed by atoms with Crippen molar-refractivity contribution in [3.63, 3.8) is 0 Å². The summed E-state index contributed by atoms with van der Waals surface area (Å²) in [5, 5.41) is 6.18. The molecular formula is C18H28ClN3O3. The normalized spacial score (nSPS) is 17.8. The van der Waals surface area contributed by atoms with Crippen LogP contribution >= 0.6 is 12.4 Å². The largest absolute Gasteiger partial charge is 0.492 e. The van der Waals surface area contributed by atoms with Gasteiger partial charge in [-0.1, -0.05) is 19.1 Å². The number of nitrogens with zero attached hydrogens (tertiary/aromatic N) is 1. The van der Waals surface area contributed by atoms with Crippen LogP contribution in [0.15, 0.2) is 24.3 Å². The number of benzene rings is 1. The Morgan fingerprint density at radius 1 is 1.36 bits per heavy atom. The summed E-state index contributed by atoms with van der Waals surface area (Å²) in [6, 6.07) is 7.66. The van der Waals surface area contributed by atoms with Gasteiger partial charge in [-0.05, 0) is 32.5 Å². The topological polar surface area (TPSA) is 70.7 Å². The van der Waals surface area contributed by atoms with Crippen LogP contribution in [0.5, 0.6) is 5.75 Å². The highest BCUT2D eigenvalue weighted by molar-refractivity contribution is 6.01. The van der Waals surface area contributed by atoms with Crippen molar-refractivity contribution in [2.24, 2.45) is 5.92 Å². The predicted octanol–water partition coefficient (Wildman–Crippen LogP) is 1.97. The minimum absolute atomic E-state index is 0. The minimum Gasteiger partial charge on any atom is -0.492 e. The van der Waals surface area contributed by atoms with Crippen LogP contribution in [0.25, 0.3) is 0 Å². The highest BCUT2D eigenvalue weighted by Crippen LogP contribution is 2.33. The van der Waals surface area contributed by atoms with Crippen molar-refractivity contribution in [1.29, 1.82) is 0 Å². The zero-order valence-corrected chi connectivity index (χ0v) is 15.9. The molecule has 25 heavy (non-hydrogen) atoms. The van der Waals surface area contributed by atoms with Crippen LogP contribution < -0.4 is 20.3 Å². The summed E-state index contributed by atoms with van der Waals surface area (Å²) < 4.78 is 5.60. The van der Waals surface area contributed by atoms with Gasteiger partial charge in [-0.3, -0.25) is 9.59 Å². The SMILES string of the molecule is CCN[C@H](C)CNC(=O)C1CC(=O)N(c2ccccc2OCC)C1.Cl. The van der Waals surface area contributed by atoms with Gasteiger partial charge in [-0.25, -0.2) is 0 Å². The molecule has 6 nitrogen and oxygen atoms in total. The zero-order valence-electron chi connectivity index (χ0n) is 15.1. The van der Waals surface area contributed by atoms with Crippen LogP contribution in [0.2, 0.25) is 0 Å². The summed E-state index contributed by atoms with van der Waals surface area (Å²) in [6.07, 6.45) is 0.238. The van der Waals surface area contributed by atoms with Gasteiger partial charge in [0.1, 0.15) is 5.75 Å². The van der Waals surface area contributed by atoms with Gasteiger partial charge in [0.15, 0.2) is 0 Å². The molecule has 0 spiro atoms. The Morgan fingerprint density at radius 3 is 2.76 bits per heavy atom. The fourth-order valence-corrected chi connectivity index (χ4v) is 2.89. The molecular weight excluding hydrogens is 342 g/mol. The summed E-state index contributed by atoms with van der Waals surface area (Å²) in [6.45, 7) is 8.31. The molecule has 2 atom stereocenters. The molecule has 2 rings (SSSR count). The molecule has 0 saturated carbocycles. The van der Waals surface area contributed by atoms with Crippen LogP contribution in [-0.4, -0.2) is 44.1 Å². The number of hydrogen-bond acceptors (Lipinski definition) is 4. The maximum atomic E-state index is 12.4. The number of rotatable bonds is 8. The average Bonchev–Trinajstić information content (AvgIpc) is 2.95. The van der Waals surface area contributed by atoms with Crippen molar-refractivity contribution in [2.45, 2.75) is 33.2 Å². The second-order valence-corrected chi connectivity index (χ2v) is 6.01. The van der Waals surface area contributed by atoms with E-state index in [9.17, 15) is 9.59 Å². The molecule has 1 unspecified atom stereocenters. The number of anilines is 1. The molecule has 0 aromatic heterocycles. The molecule has 1 aromatic rings. The first kappa shape index (κ1) is 21.3. The Labute approximate surface area is 155 Å². The number of amides is 2. The number of likely N-dealkylation sites (N-methyl/N-ethyl adjacent to an activating group) is 1. The van der Waals surface area contributed by atoms with Gasteiger partial charge in [0.25, 0.3) is 0 Å². The van der Waals surface area contributed by atoms with E-state index in [1.54, 1.807) is 4.90 Å². The van der Waals surface area contributed by atoms with Crippen LogP contribution in [0, 0.1) is 5.92 Å². The van der Waals surface area contributed by atoms with E-state index in [0.29, 0.717) is 25.4 Å². The van der Waals surface area contributed by atoms with E-state index >= 15 is 0 Å². The van der Waals surface area contributed by atoms with E-state index in [0.717, 1.165) is 12.2 Å². The Morgan fingerprint density at radius 2 is 2.08 bits per heavy atom. The molecule has 0 bridgehead atoms. The van der Waals surface area contributed by atoms with Crippen molar-refractivity contribution in [3.05, 3.63) is 24.3 Å². The van der Waals surface area contributed by atoms with Gasteiger partial charge >= 0.3 is 0 Å². The number of carbonyl (C=O) groups excluding carboxylic acids is 2. The lowest BCUT2D eigenvalue weighted by Gasteiger charge is -2.20. The number of halogens is 1. The van der Waals surface area contributed by atoms with E-state index in [1.165, 1.54) is 0 Å². The Hall–Kier alpha value is -1.79. The monoisotopic (exact) mass is 369 g/mol. The zero-order chi connectivity index (χ0) is 17.5. The quantitative estimate of drug-likeness (QED) is 0.735. The second kappa shape index (κ2) is 10.3. The van der Waals surface area contributed by atoms with E-state index in [2.05, 4.69) is 10.6 Å². The number of nitrogens with one attached hydrogen (secondary N) is 2. The molecule has 1 aliphatic heterocycles. The Bertz CT molecular complexity index is 582. The molecule has 1 aliphatic rings. The molecule has 2 amide bonds. The highest BCUT2D eigenvalue weighted by Gasteiger charge is 2.36. The molecule has 7 heteroatoms. The van der Waals surface area contributed by atoms with E-state index in [4.69, 9.17) is 4.74 Å². The average molecular weight is 370 g/mol. The molecule has 1 saturated heterocycles. The van der Waals surface area contributed by atoms with Crippen molar-refractivity contribution in [2.75, 3.05) is 31.1 Å². The van der Waals surface area contributed by atoms with Crippen LogP contribution in [-0.2, 0) is 9.59 Å². The molecule has 140 valence electrons. The van der Waals surface area contributed by atoms with Crippen molar-refractivity contribution >= 4 is 29.9 Å². The number of ether oxygens (including phenoxy) is 1. The van der Waals surface area contributed by atoms with Gasteiger partial charge in [0.05, 0.1) is 18.2 Å². The van der Waals surface area contributed by atoms with Gasteiger partial charge in [-0.2, -0.15) is 0 Å². The summed E-state index contributed by atoms with van der Waals surface area (Å²) in [5.41, 5.74) is 0.737. The van der Waals surface area contributed by atoms with Gasteiger partial charge < -0.3 is 20.3 Å². The minimum atomic E-state index is -0.319. The third kappa shape index (κ3) is 5.61. The summed E-state index contributed by atoms with van der Waals surface area (Å²) in [7, 11) is 0. The van der Waals surface area contributed by atoms with Crippen molar-refractivity contribution < 1.29 is 14.3 Å². The second-order valence-electron chi connectivity index (χ2n) is 6.01. The fourth-order valence-electron chi connectivity index (χ4n) is 2.89. The van der Waals surface area contributed by atoms with Crippen LogP contribution in [0.4, 0.5) is 5.69 Å². The van der Waals surface area contributed by atoms with Gasteiger partial charge in [0.2, 0.25) is 11.8 Å². The molecule has 0 radical (unpaired) electrons. The summed E-state index contributed by atoms with van der Waals surface area (Å²) in [5.74, 6) is 0.253. The van der Waals surface area contributed by atoms with Crippen molar-refractivity contribution in [1.82, 2.24) is 10.6 Å². The smallest absolute Gasteiger partial charge is 0.227 e. The molecule has 1 fully saturated rings. The predicted molar refractivity (Wildman–Crippen MR) is 101 cm³/mol. The lowest BCUT2D eigenvalue weighted by molar-refractivity contribution is -0.126. The molecule has 1 heterocycles. The number of hydrogen-bond donors (Lipinski definition) is 2. The maximum Gasteiger partial charge on any atom is 0.227 e. The highest BCUT2D eigenvalue weighted by atomic mass is 35.5. The molecule has 1 aromatic carbocycles.